The van der Waals surface area contributed by atoms with Crippen molar-refractivity contribution in [1.82, 2.24) is 0 Å². The highest BCUT2D eigenvalue weighted by atomic mass is 19.1. The first-order valence-electron chi connectivity index (χ1n) is 6.02. The molecule has 0 aliphatic carbocycles. The summed E-state index contributed by atoms with van der Waals surface area (Å²) in [5.74, 6) is -2.07. The molecule has 0 spiro atoms. The van der Waals surface area contributed by atoms with Crippen LogP contribution in [0.2, 0.25) is 0 Å². The third-order valence-corrected chi connectivity index (χ3v) is 3.16. The molecule has 4 heteroatoms. The minimum atomic E-state index is -1.31. The summed E-state index contributed by atoms with van der Waals surface area (Å²) in [6.45, 7) is 0.0962. The predicted octanol–water partition coefficient (Wildman–Crippen LogP) is 2.74. The van der Waals surface area contributed by atoms with Gasteiger partial charge in [0, 0.05) is 12.5 Å². The molecular formula is C15H15F2NO. The summed E-state index contributed by atoms with van der Waals surface area (Å²) in [6.07, 6.45) is -1.31. The van der Waals surface area contributed by atoms with Crippen LogP contribution in [0, 0.1) is 11.6 Å². The zero-order chi connectivity index (χ0) is 13.8. The maximum absolute atomic E-state index is 13.7. The van der Waals surface area contributed by atoms with E-state index in [0.717, 1.165) is 17.7 Å². The van der Waals surface area contributed by atoms with Gasteiger partial charge in [0.05, 0.1) is 11.7 Å². The molecule has 2 atom stereocenters. The Morgan fingerprint density at radius 2 is 1.53 bits per heavy atom. The Morgan fingerprint density at radius 1 is 0.947 bits per heavy atom. The van der Waals surface area contributed by atoms with E-state index < -0.39 is 23.7 Å². The van der Waals surface area contributed by atoms with Gasteiger partial charge < -0.3 is 10.8 Å². The third kappa shape index (κ3) is 2.80. The lowest BCUT2D eigenvalue weighted by molar-refractivity contribution is 0.138. The molecule has 100 valence electrons. The van der Waals surface area contributed by atoms with E-state index in [1.807, 2.05) is 6.07 Å². The standard InChI is InChI=1S/C15H15F2NO/c16-12-7-4-8-13(17)14(12)15(19)11(9-18)10-5-2-1-3-6-10/h1-8,11,15,19H,9,18H2. The van der Waals surface area contributed by atoms with Gasteiger partial charge in [-0.2, -0.15) is 0 Å². The van der Waals surface area contributed by atoms with Crippen molar-refractivity contribution in [3.8, 4) is 0 Å². The largest absolute Gasteiger partial charge is 0.388 e. The van der Waals surface area contributed by atoms with Crippen LogP contribution in [0.4, 0.5) is 8.78 Å². The maximum atomic E-state index is 13.7. The van der Waals surface area contributed by atoms with Crippen LogP contribution in [0.25, 0.3) is 0 Å². The summed E-state index contributed by atoms with van der Waals surface area (Å²) in [4.78, 5) is 0. The first-order valence-corrected chi connectivity index (χ1v) is 6.02. The van der Waals surface area contributed by atoms with Gasteiger partial charge in [0.15, 0.2) is 0 Å². The summed E-state index contributed by atoms with van der Waals surface area (Å²) in [5.41, 5.74) is 6.06. The molecule has 0 aliphatic rings. The van der Waals surface area contributed by atoms with Crippen molar-refractivity contribution in [3.63, 3.8) is 0 Å². The van der Waals surface area contributed by atoms with E-state index in [1.54, 1.807) is 24.3 Å². The molecule has 2 nitrogen and oxygen atoms in total. The second-order valence-electron chi connectivity index (χ2n) is 4.33. The van der Waals surface area contributed by atoms with E-state index >= 15 is 0 Å². The molecule has 0 aliphatic heterocycles. The minimum absolute atomic E-state index is 0.0962. The lowest BCUT2D eigenvalue weighted by atomic mass is 9.89. The number of nitrogens with two attached hydrogens (primary N) is 1. The van der Waals surface area contributed by atoms with Crippen LogP contribution in [-0.4, -0.2) is 11.7 Å². The Bertz CT molecular complexity index is 525. The maximum Gasteiger partial charge on any atom is 0.131 e. The predicted molar refractivity (Wildman–Crippen MR) is 69.6 cm³/mol. The molecule has 0 bridgehead atoms. The highest BCUT2D eigenvalue weighted by molar-refractivity contribution is 5.29. The Morgan fingerprint density at radius 3 is 2.05 bits per heavy atom. The smallest absolute Gasteiger partial charge is 0.131 e. The molecule has 0 saturated carbocycles. The monoisotopic (exact) mass is 263 g/mol. The van der Waals surface area contributed by atoms with E-state index in [-0.39, 0.29) is 12.1 Å². The Labute approximate surface area is 110 Å². The fraction of sp³-hybridized carbons (Fsp3) is 0.200. The molecule has 0 fully saturated rings. The normalized spacial score (nSPS) is 14.1. The Balaban J connectivity index is 2.39. The van der Waals surface area contributed by atoms with Crippen LogP contribution in [0.15, 0.2) is 48.5 Å². The van der Waals surface area contributed by atoms with Gasteiger partial charge in [-0.25, -0.2) is 8.78 Å². The molecule has 2 aromatic carbocycles. The van der Waals surface area contributed by atoms with E-state index in [0.29, 0.717) is 0 Å². The Hall–Kier alpha value is -1.78. The number of hydrogen-bond donors (Lipinski definition) is 2. The fourth-order valence-electron chi connectivity index (χ4n) is 2.14. The molecule has 0 aromatic heterocycles. The number of aliphatic hydroxyl groups is 1. The summed E-state index contributed by atoms with van der Waals surface area (Å²) < 4.78 is 27.3. The second kappa shape index (κ2) is 5.91. The van der Waals surface area contributed by atoms with Gasteiger partial charge in [-0.15, -0.1) is 0 Å². The van der Waals surface area contributed by atoms with Gasteiger partial charge in [-0.3, -0.25) is 0 Å². The molecule has 0 heterocycles. The highest BCUT2D eigenvalue weighted by Gasteiger charge is 2.26. The van der Waals surface area contributed by atoms with Crippen molar-refractivity contribution in [2.45, 2.75) is 12.0 Å². The SMILES string of the molecule is NCC(c1ccccc1)C(O)c1c(F)cccc1F. The molecular weight excluding hydrogens is 248 g/mol. The molecule has 0 amide bonds. The molecule has 0 radical (unpaired) electrons. The number of rotatable bonds is 4. The van der Waals surface area contributed by atoms with Crippen LogP contribution in [0.1, 0.15) is 23.1 Å². The first-order chi connectivity index (χ1) is 9.15. The van der Waals surface area contributed by atoms with Crippen molar-refractivity contribution in [2.24, 2.45) is 5.73 Å². The molecule has 3 N–H and O–H groups in total. The first kappa shape index (κ1) is 13.6. The highest BCUT2D eigenvalue weighted by Crippen LogP contribution is 2.32. The third-order valence-electron chi connectivity index (χ3n) is 3.16. The molecule has 19 heavy (non-hydrogen) atoms. The summed E-state index contributed by atoms with van der Waals surface area (Å²) in [6, 6.07) is 12.5. The van der Waals surface area contributed by atoms with Crippen molar-refractivity contribution >= 4 is 0 Å². The summed E-state index contributed by atoms with van der Waals surface area (Å²) in [7, 11) is 0. The van der Waals surface area contributed by atoms with Gasteiger partial charge >= 0.3 is 0 Å². The van der Waals surface area contributed by atoms with E-state index in [1.165, 1.54) is 6.07 Å². The van der Waals surface area contributed by atoms with Gasteiger partial charge in [-0.1, -0.05) is 36.4 Å². The Kier molecular flexibility index (Phi) is 4.24. The zero-order valence-electron chi connectivity index (χ0n) is 10.3. The van der Waals surface area contributed by atoms with E-state index in [9.17, 15) is 13.9 Å². The van der Waals surface area contributed by atoms with Crippen LogP contribution < -0.4 is 5.73 Å². The fourth-order valence-corrected chi connectivity index (χ4v) is 2.14. The van der Waals surface area contributed by atoms with Gasteiger partial charge in [0.1, 0.15) is 11.6 Å². The quantitative estimate of drug-likeness (QED) is 0.891. The van der Waals surface area contributed by atoms with Crippen molar-refractivity contribution in [2.75, 3.05) is 6.54 Å². The van der Waals surface area contributed by atoms with Gasteiger partial charge in [0.25, 0.3) is 0 Å². The number of halogens is 2. The minimum Gasteiger partial charge on any atom is -0.388 e. The van der Waals surface area contributed by atoms with Crippen molar-refractivity contribution in [1.29, 1.82) is 0 Å². The summed E-state index contributed by atoms with van der Waals surface area (Å²) >= 11 is 0. The number of benzene rings is 2. The number of hydrogen-bond acceptors (Lipinski definition) is 2. The van der Waals surface area contributed by atoms with Crippen LogP contribution in [0.5, 0.6) is 0 Å². The van der Waals surface area contributed by atoms with E-state index in [4.69, 9.17) is 5.73 Å². The molecule has 2 rings (SSSR count). The van der Waals surface area contributed by atoms with Gasteiger partial charge in [-0.05, 0) is 17.7 Å². The van der Waals surface area contributed by atoms with Crippen LogP contribution in [0.3, 0.4) is 0 Å². The van der Waals surface area contributed by atoms with Crippen molar-refractivity contribution in [3.05, 3.63) is 71.3 Å². The average Bonchev–Trinajstić information content (AvgIpc) is 2.40. The molecule has 2 unspecified atom stereocenters. The molecule has 0 saturated heterocycles. The zero-order valence-corrected chi connectivity index (χ0v) is 10.3. The lowest BCUT2D eigenvalue weighted by Crippen LogP contribution is -2.21. The lowest BCUT2D eigenvalue weighted by Gasteiger charge is -2.23. The average molecular weight is 263 g/mol. The van der Waals surface area contributed by atoms with Gasteiger partial charge in [0.2, 0.25) is 0 Å². The topological polar surface area (TPSA) is 46.2 Å². The second-order valence-corrected chi connectivity index (χ2v) is 4.33. The van der Waals surface area contributed by atoms with Crippen molar-refractivity contribution < 1.29 is 13.9 Å². The summed E-state index contributed by atoms with van der Waals surface area (Å²) in [5, 5.41) is 10.2. The molecule has 2 aromatic rings. The van der Waals surface area contributed by atoms with Crippen LogP contribution in [-0.2, 0) is 0 Å². The van der Waals surface area contributed by atoms with E-state index in [2.05, 4.69) is 0 Å². The van der Waals surface area contributed by atoms with Crippen LogP contribution >= 0.6 is 0 Å². The number of aliphatic hydroxyl groups excluding tert-OH is 1.